The minimum atomic E-state index is -1.26. The van der Waals surface area contributed by atoms with Gasteiger partial charge in [-0.2, -0.15) is 0 Å². The van der Waals surface area contributed by atoms with Gasteiger partial charge in [0.1, 0.15) is 23.9 Å². The van der Waals surface area contributed by atoms with Gasteiger partial charge in [0.2, 0.25) is 17.7 Å². The van der Waals surface area contributed by atoms with Crippen LogP contribution in [0.4, 0.5) is 0 Å². The van der Waals surface area contributed by atoms with Crippen LogP contribution in [0, 0.1) is 0 Å². The van der Waals surface area contributed by atoms with Crippen molar-refractivity contribution < 1.29 is 29.4 Å². The fourth-order valence-corrected chi connectivity index (χ4v) is 5.26. The van der Waals surface area contributed by atoms with E-state index in [2.05, 4.69) is 32.8 Å². The number of carboxylic acid groups (broad SMARTS) is 1. The lowest BCUT2D eigenvalue weighted by molar-refractivity contribution is -0.142. The highest BCUT2D eigenvalue weighted by molar-refractivity contribution is 5.97. The lowest BCUT2D eigenvalue weighted by Gasteiger charge is -2.24. The van der Waals surface area contributed by atoms with Crippen molar-refractivity contribution in [1.29, 1.82) is 0 Å². The predicted octanol–water partition coefficient (Wildman–Crippen LogP) is 4.13. The Morgan fingerprint density at radius 1 is 0.755 bits per heavy atom. The quantitative estimate of drug-likeness (QED) is 0.0685. The predicted molar refractivity (Wildman–Crippen MR) is 186 cm³/mol. The summed E-state index contributed by atoms with van der Waals surface area (Å²) < 4.78 is 0. The first-order chi connectivity index (χ1) is 23.7. The first kappa shape index (κ1) is 36.1. The van der Waals surface area contributed by atoms with Gasteiger partial charge in [-0.25, -0.2) is 9.78 Å². The molecular weight excluding hydrogens is 622 g/mol. The number of aryl methyl sites for hydroxylation is 1. The highest BCUT2D eigenvalue weighted by Crippen LogP contribution is 2.13. The number of carbonyl (C=O) groups is 4. The largest absolute Gasteiger partial charge is 0.508 e. The Morgan fingerprint density at radius 2 is 1.37 bits per heavy atom. The van der Waals surface area contributed by atoms with Crippen LogP contribution in [0.1, 0.15) is 54.1 Å². The molecule has 0 saturated heterocycles. The van der Waals surface area contributed by atoms with Crippen LogP contribution < -0.4 is 16.0 Å². The first-order valence-corrected chi connectivity index (χ1v) is 16.4. The second-order valence-corrected chi connectivity index (χ2v) is 11.9. The van der Waals surface area contributed by atoms with E-state index in [0.717, 1.165) is 24.8 Å². The number of carbonyl (C=O) groups excluding carboxylic acids is 3. The molecule has 4 rings (SSSR count). The number of rotatable bonds is 18. The maximum Gasteiger partial charge on any atom is 0.326 e. The number of imidazole rings is 1. The second kappa shape index (κ2) is 18.6. The zero-order chi connectivity index (χ0) is 35.0. The summed E-state index contributed by atoms with van der Waals surface area (Å²) in [4.78, 5) is 59.5. The molecule has 3 amide bonds. The van der Waals surface area contributed by atoms with Crippen molar-refractivity contribution in [1.82, 2.24) is 25.9 Å². The molecule has 1 aromatic heterocycles. The number of unbranched alkanes of at least 4 members (excludes halogenated alkanes) is 2. The van der Waals surface area contributed by atoms with E-state index in [1.54, 1.807) is 42.5 Å². The lowest BCUT2D eigenvalue weighted by Crippen LogP contribution is -2.57. The molecule has 0 aliphatic rings. The summed E-state index contributed by atoms with van der Waals surface area (Å²) >= 11 is 0. The van der Waals surface area contributed by atoms with Crippen molar-refractivity contribution >= 4 is 29.8 Å². The van der Waals surface area contributed by atoms with Crippen LogP contribution in [0.25, 0.3) is 6.08 Å². The van der Waals surface area contributed by atoms with Crippen LogP contribution in [0.5, 0.6) is 5.75 Å². The van der Waals surface area contributed by atoms with Gasteiger partial charge in [-0.05, 0) is 53.3 Å². The number of aromatic hydroxyl groups is 1. The zero-order valence-electron chi connectivity index (χ0n) is 27.5. The molecule has 11 nitrogen and oxygen atoms in total. The molecule has 0 radical (unpaired) electrons. The Morgan fingerprint density at radius 3 is 2.00 bits per heavy atom. The topological polar surface area (TPSA) is 174 Å². The van der Waals surface area contributed by atoms with E-state index < -0.39 is 41.8 Å². The Balaban J connectivity index is 1.49. The monoisotopic (exact) mass is 665 g/mol. The van der Waals surface area contributed by atoms with E-state index in [1.165, 1.54) is 42.7 Å². The van der Waals surface area contributed by atoms with Crippen molar-refractivity contribution in [2.75, 3.05) is 0 Å². The number of nitrogens with zero attached hydrogens (tertiary/aromatic N) is 1. The smallest absolute Gasteiger partial charge is 0.326 e. The Labute approximate surface area is 285 Å². The highest BCUT2D eigenvalue weighted by atomic mass is 16.4. The summed E-state index contributed by atoms with van der Waals surface area (Å²) in [6, 6.07) is 19.4. The summed E-state index contributed by atoms with van der Waals surface area (Å²) in [5.41, 5.74) is 3.97. The van der Waals surface area contributed by atoms with E-state index in [4.69, 9.17) is 0 Å². The third-order valence-corrected chi connectivity index (χ3v) is 7.99. The van der Waals surface area contributed by atoms with Crippen LogP contribution in [-0.4, -0.2) is 62.0 Å². The average molecular weight is 666 g/mol. The molecule has 0 aliphatic heterocycles. The molecule has 3 aromatic carbocycles. The van der Waals surface area contributed by atoms with Crippen LogP contribution in [0.15, 0.2) is 97.5 Å². The number of phenolic OH excluding ortho intramolecular Hbond substituents is 1. The number of amides is 3. The Kier molecular flexibility index (Phi) is 13.7. The number of benzene rings is 3. The number of hydrogen-bond donors (Lipinski definition) is 6. The fraction of sp³-hybridized carbons (Fsp3) is 0.289. The third-order valence-electron chi connectivity index (χ3n) is 7.99. The molecule has 11 heteroatoms. The third kappa shape index (κ3) is 12.1. The Bertz CT molecular complexity index is 1670. The molecule has 3 atom stereocenters. The molecule has 0 saturated carbocycles. The first-order valence-electron chi connectivity index (χ1n) is 16.4. The maximum atomic E-state index is 13.8. The van der Waals surface area contributed by atoms with Gasteiger partial charge >= 0.3 is 5.97 Å². The highest BCUT2D eigenvalue weighted by Gasteiger charge is 2.30. The van der Waals surface area contributed by atoms with Gasteiger partial charge in [-0.3, -0.25) is 14.4 Å². The number of hydrogen-bond acceptors (Lipinski definition) is 6. The summed E-state index contributed by atoms with van der Waals surface area (Å²) in [5, 5.41) is 27.7. The molecule has 49 heavy (non-hydrogen) atoms. The van der Waals surface area contributed by atoms with Crippen LogP contribution >= 0.6 is 0 Å². The van der Waals surface area contributed by atoms with Crippen LogP contribution in [0.2, 0.25) is 0 Å². The lowest BCUT2D eigenvalue weighted by atomic mass is 10.0. The number of nitrogens with one attached hydrogen (secondary N) is 4. The molecule has 0 fully saturated rings. The molecule has 0 aliphatic carbocycles. The fourth-order valence-electron chi connectivity index (χ4n) is 5.26. The number of aromatic amines is 1. The molecule has 4 aromatic rings. The maximum absolute atomic E-state index is 13.8. The van der Waals surface area contributed by atoms with Gasteiger partial charge in [0.15, 0.2) is 0 Å². The molecule has 256 valence electrons. The SMILES string of the molecule is CCCCCc1ccc(/C=C/C(=O)N[C@H](Cc2cnc[nH]2)C(=O)N[C@@H](Cc2ccc(O)cc2)C(=O)N[C@@H](Cc2ccccc2)C(=O)O)cc1. The van der Waals surface area contributed by atoms with Gasteiger partial charge in [0.25, 0.3) is 0 Å². The minimum Gasteiger partial charge on any atom is -0.508 e. The van der Waals surface area contributed by atoms with Crippen molar-refractivity contribution in [2.24, 2.45) is 0 Å². The van der Waals surface area contributed by atoms with Crippen LogP contribution in [-0.2, 0) is 44.9 Å². The van der Waals surface area contributed by atoms with Gasteiger partial charge in [0, 0.05) is 37.2 Å². The van der Waals surface area contributed by atoms with Crippen LogP contribution in [0.3, 0.4) is 0 Å². The van der Waals surface area contributed by atoms with Crippen molar-refractivity contribution in [3.05, 3.63) is 125 Å². The molecular formula is C38H43N5O6. The summed E-state index contributed by atoms with van der Waals surface area (Å²) in [5.74, 6) is -3.08. The number of H-pyrrole nitrogens is 1. The van der Waals surface area contributed by atoms with Crippen molar-refractivity contribution in [3.8, 4) is 5.75 Å². The number of aliphatic carboxylic acids is 1. The van der Waals surface area contributed by atoms with Crippen molar-refractivity contribution in [2.45, 2.75) is 70.0 Å². The van der Waals surface area contributed by atoms with E-state index in [9.17, 15) is 29.4 Å². The van der Waals surface area contributed by atoms with Gasteiger partial charge in [-0.15, -0.1) is 0 Å². The van der Waals surface area contributed by atoms with Crippen molar-refractivity contribution in [3.63, 3.8) is 0 Å². The summed E-state index contributed by atoms with van der Waals surface area (Å²) in [7, 11) is 0. The number of phenols is 1. The second-order valence-electron chi connectivity index (χ2n) is 11.9. The Hall–Kier alpha value is -5.71. The minimum absolute atomic E-state index is 0.00536. The molecule has 1 heterocycles. The summed E-state index contributed by atoms with van der Waals surface area (Å²) in [6.45, 7) is 2.17. The zero-order valence-corrected chi connectivity index (χ0v) is 27.5. The molecule has 6 N–H and O–H groups in total. The number of aromatic nitrogens is 2. The van der Waals surface area contributed by atoms with E-state index >= 15 is 0 Å². The van der Waals surface area contributed by atoms with Gasteiger partial charge in [0.05, 0.1) is 6.33 Å². The summed E-state index contributed by atoms with van der Waals surface area (Å²) in [6.07, 6.45) is 10.5. The normalized spacial score (nSPS) is 12.9. The van der Waals surface area contributed by atoms with E-state index in [1.807, 2.05) is 30.3 Å². The molecule has 0 bridgehead atoms. The van der Waals surface area contributed by atoms with E-state index in [0.29, 0.717) is 16.8 Å². The standard InChI is InChI=1S/C38H43N5O6/c1-2-3-5-8-26-11-13-27(14-12-26)17-20-35(45)41-33(23-30-24-39-25-40-30)37(47)42-32(21-29-15-18-31(44)19-16-29)36(46)43-34(38(48)49)22-28-9-6-4-7-10-28/h4,6-7,9-20,24-25,32-34,44H,2-3,5,8,21-23H2,1H3,(H,39,40)(H,41,45)(H,42,47)(H,43,46)(H,48,49)/b20-17+/t32-,33+,34-/m0/s1. The molecule has 0 spiro atoms. The average Bonchev–Trinajstić information content (AvgIpc) is 3.61. The molecule has 0 unspecified atom stereocenters. The van der Waals surface area contributed by atoms with E-state index in [-0.39, 0.29) is 25.0 Å². The van der Waals surface area contributed by atoms with Gasteiger partial charge < -0.3 is 31.1 Å². The van der Waals surface area contributed by atoms with Gasteiger partial charge in [-0.1, -0.05) is 86.5 Å². The number of carboxylic acids is 1.